The average Bonchev–Trinajstić information content (AvgIpc) is 2.68. The van der Waals surface area contributed by atoms with Crippen LogP contribution < -0.4 is 0 Å². The smallest absolute Gasteiger partial charge is 0.431 e. The van der Waals surface area contributed by atoms with Crippen LogP contribution in [0.15, 0.2) is 24.3 Å². The summed E-state index contributed by atoms with van der Waals surface area (Å²) < 4.78 is 37.4. The predicted molar refractivity (Wildman–Crippen MR) is 59.3 cm³/mol. The van der Waals surface area contributed by atoms with Gasteiger partial charge in [0, 0.05) is 17.3 Å². The van der Waals surface area contributed by atoms with Gasteiger partial charge in [0.1, 0.15) is 5.69 Å². The van der Waals surface area contributed by atoms with Crippen molar-refractivity contribution in [2.75, 3.05) is 0 Å². The lowest BCUT2D eigenvalue weighted by Crippen LogP contribution is -2.04. The summed E-state index contributed by atoms with van der Waals surface area (Å²) >= 11 is 0. The Morgan fingerprint density at radius 2 is 2.00 bits per heavy atom. The van der Waals surface area contributed by atoms with Crippen LogP contribution in [0.2, 0.25) is 0 Å². The van der Waals surface area contributed by atoms with Gasteiger partial charge in [-0.05, 0) is 30.2 Å². The van der Waals surface area contributed by atoms with E-state index in [-0.39, 0.29) is 6.42 Å². The second-order valence-electron chi connectivity index (χ2n) is 4.00. The molecule has 0 amide bonds. The molecule has 3 nitrogen and oxygen atoms in total. The molecule has 1 heterocycles. The zero-order chi connectivity index (χ0) is 13.3. The van der Waals surface area contributed by atoms with Gasteiger partial charge in [0.25, 0.3) is 0 Å². The lowest BCUT2D eigenvalue weighted by molar-refractivity contribution is -0.140. The number of aryl methyl sites for hydroxylation is 1. The standard InChI is InChI=1S/C12H10F3NO2/c13-12(14,15)10-6-8-5-7(2-4-11(17)18)1-3-9(8)16-10/h1,3,5-6,16H,2,4H2,(H,17,18). The normalized spacial score (nSPS) is 11.9. The Labute approximate surface area is 100 Å². The first kappa shape index (κ1) is 12.5. The van der Waals surface area contributed by atoms with Gasteiger partial charge in [0.2, 0.25) is 0 Å². The number of hydrogen-bond acceptors (Lipinski definition) is 1. The monoisotopic (exact) mass is 257 g/mol. The Balaban J connectivity index is 2.31. The van der Waals surface area contributed by atoms with E-state index in [1.165, 1.54) is 6.07 Å². The van der Waals surface area contributed by atoms with E-state index in [2.05, 4.69) is 4.98 Å². The Hall–Kier alpha value is -1.98. The maximum Gasteiger partial charge on any atom is 0.431 e. The fraction of sp³-hybridized carbons (Fsp3) is 0.250. The topological polar surface area (TPSA) is 53.1 Å². The molecule has 0 unspecified atom stereocenters. The predicted octanol–water partition coefficient (Wildman–Crippen LogP) is 3.20. The molecule has 0 fully saturated rings. The van der Waals surface area contributed by atoms with Crippen molar-refractivity contribution in [2.45, 2.75) is 19.0 Å². The van der Waals surface area contributed by atoms with Gasteiger partial charge in [-0.2, -0.15) is 13.2 Å². The lowest BCUT2D eigenvalue weighted by atomic mass is 10.1. The first-order valence-corrected chi connectivity index (χ1v) is 5.27. The van der Waals surface area contributed by atoms with E-state index in [1.807, 2.05) is 0 Å². The van der Waals surface area contributed by atoms with E-state index in [9.17, 15) is 18.0 Å². The van der Waals surface area contributed by atoms with Crippen molar-refractivity contribution in [3.05, 3.63) is 35.5 Å². The number of hydrogen-bond donors (Lipinski definition) is 2. The van der Waals surface area contributed by atoms with Gasteiger partial charge >= 0.3 is 12.1 Å². The molecule has 2 rings (SSSR count). The number of rotatable bonds is 3. The Morgan fingerprint density at radius 1 is 1.28 bits per heavy atom. The van der Waals surface area contributed by atoms with Gasteiger partial charge in [-0.1, -0.05) is 6.07 Å². The number of carboxylic acid groups (broad SMARTS) is 1. The van der Waals surface area contributed by atoms with E-state index in [0.717, 1.165) is 6.07 Å². The van der Waals surface area contributed by atoms with Crippen LogP contribution in [-0.2, 0) is 17.4 Å². The second kappa shape index (κ2) is 4.36. The number of aliphatic carboxylic acids is 1. The molecule has 2 aromatic rings. The first-order valence-electron chi connectivity index (χ1n) is 5.27. The van der Waals surface area contributed by atoms with Crippen molar-refractivity contribution in [3.8, 4) is 0 Å². The zero-order valence-corrected chi connectivity index (χ0v) is 9.21. The Morgan fingerprint density at radius 3 is 2.61 bits per heavy atom. The SMILES string of the molecule is O=C(O)CCc1ccc2[nH]c(C(F)(F)F)cc2c1. The molecule has 0 radical (unpaired) electrons. The van der Waals surface area contributed by atoms with Gasteiger partial charge < -0.3 is 10.1 Å². The van der Waals surface area contributed by atoms with Crippen molar-refractivity contribution in [1.82, 2.24) is 4.98 Å². The zero-order valence-electron chi connectivity index (χ0n) is 9.21. The molecule has 0 atom stereocenters. The van der Waals surface area contributed by atoms with Crippen LogP contribution in [0.25, 0.3) is 10.9 Å². The van der Waals surface area contributed by atoms with Crippen LogP contribution in [-0.4, -0.2) is 16.1 Å². The summed E-state index contributed by atoms with van der Waals surface area (Å²) in [7, 11) is 0. The number of H-pyrrole nitrogens is 1. The molecule has 6 heteroatoms. The minimum Gasteiger partial charge on any atom is -0.481 e. The molecular formula is C12H10F3NO2. The molecule has 1 aromatic heterocycles. The number of alkyl halides is 3. The fourth-order valence-corrected chi connectivity index (χ4v) is 1.74. The number of fused-ring (bicyclic) bond motifs is 1. The largest absolute Gasteiger partial charge is 0.481 e. The van der Waals surface area contributed by atoms with Crippen LogP contribution in [0.4, 0.5) is 13.2 Å². The summed E-state index contributed by atoms with van der Waals surface area (Å²) in [6.45, 7) is 0. The molecule has 0 spiro atoms. The molecule has 0 aliphatic rings. The van der Waals surface area contributed by atoms with E-state index in [0.29, 0.717) is 22.9 Å². The third kappa shape index (κ3) is 2.64. The quantitative estimate of drug-likeness (QED) is 0.887. The molecule has 0 aliphatic heterocycles. The molecule has 0 saturated heterocycles. The van der Waals surface area contributed by atoms with E-state index in [4.69, 9.17) is 5.11 Å². The Kier molecular flexibility index (Phi) is 3.02. The van der Waals surface area contributed by atoms with Crippen molar-refractivity contribution in [2.24, 2.45) is 0 Å². The number of halogens is 3. The average molecular weight is 257 g/mol. The summed E-state index contributed by atoms with van der Waals surface area (Å²) in [5.41, 5.74) is 0.298. The van der Waals surface area contributed by atoms with Crippen LogP contribution >= 0.6 is 0 Å². The highest BCUT2D eigenvalue weighted by Crippen LogP contribution is 2.31. The number of aromatic amines is 1. The number of aromatic nitrogens is 1. The molecular weight excluding hydrogens is 247 g/mol. The van der Waals surface area contributed by atoms with Crippen molar-refractivity contribution >= 4 is 16.9 Å². The van der Waals surface area contributed by atoms with Crippen molar-refractivity contribution in [3.63, 3.8) is 0 Å². The van der Waals surface area contributed by atoms with Gasteiger partial charge in [0.05, 0.1) is 0 Å². The molecule has 0 saturated carbocycles. The third-order valence-corrected chi connectivity index (χ3v) is 2.62. The molecule has 96 valence electrons. The summed E-state index contributed by atoms with van der Waals surface area (Å²) in [6, 6.07) is 5.76. The van der Waals surface area contributed by atoms with E-state index < -0.39 is 17.8 Å². The summed E-state index contributed by atoms with van der Waals surface area (Å²) in [4.78, 5) is 12.7. The molecule has 0 bridgehead atoms. The summed E-state index contributed by atoms with van der Waals surface area (Å²) in [5, 5.41) is 8.98. The highest BCUT2D eigenvalue weighted by molar-refractivity contribution is 5.81. The molecule has 18 heavy (non-hydrogen) atoms. The van der Waals surface area contributed by atoms with Gasteiger partial charge in [-0.15, -0.1) is 0 Å². The second-order valence-corrected chi connectivity index (χ2v) is 4.00. The lowest BCUT2D eigenvalue weighted by Gasteiger charge is -2.00. The van der Waals surface area contributed by atoms with Crippen LogP contribution in [0, 0.1) is 0 Å². The van der Waals surface area contributed by atoms with Gasteiger partial charge in [-0.25, -0.2) is 0 Å². The number of carboxylic acids is 1. The summed E-state index contributed by atoms with van der Waals surface area (Å²) in [6.07, 6.45) is -4.14. The maximum absolute atomic E-state index is 12.5. The highest BCUT2D eigenvalue weighted by atomic mass is 19.4. The first-order chi connectivity index (χ1) is 8.36. The van der Waals surface area contributed by atoms with Crippen LogP contribution in [0.3, 0.4) is 0 Å². The van der Waals surface area contributed by atoms with Crippen LogP contribution in [0.1, 0.15) is 17.7 Å². The third-order valence-electron chi connectivity index (χ3n) is 2.62. The fourth-order valence-electron chi connectivity index (χ4n) is 1.74. The van der Waals surface area contributed by atoms with Gasteiger partial charge in [-0.3, -0.25) is 4.79 Å². The number of benzene rings is 1. The highest BCUT2D eigenvalue weighted by Gasteiger charge is 2.32. The van der Waals surface area contributed by atoms with Crippen molar-refractivity contribution in [1.29, 1.82) is 0 Å². The van der Waals surface area contributed by atoms with Gasteiger partial charge in [0.15, 0.2) is 0 Å². The van der Waals surface area contributed by atoms with E-state index in [1.54, 1.807) is 12.1 Å². The summed E-state index contributed by atoms with van der Waals surface area (Å²) in [5.74, 6) is -0.930. The molecule has 2 N–H and O–H groups in total. The molecule has 0 aliphatic carbocycles. The maximum atomic E-state index is 12.5. The number of carbonyl (C=O) groups is 1. The Bertz CT molecular complexity index is 587. The van der Waals surface area contributed by atoms with Crippen LogP contribution in [0.5, 0.6) is 0 Å². The van der Waals surface area contributed by atoms with E-state index >= 15 is 0 Å². The molecule has 1 aromatic carbocycles. The minimum atomic E-state index is -4.40. The number of nitrogens with one attached hydrogen (secondary N) is 1. The van der Waals surface area contributed by atoms with Crippen molar-refractivity contribution < 1.29 is 23.1 Å². The minimum absolute atomic E-state index is 0.0396.